The minimum absolute atomic E-state index is 0.0455. The van der Waals surface area contributed by atoms with Gasteiger partial charge in [-0.25, -0.2) is 8.42 Å². The number of anilines is 2. The average Bonchev–Trinajstić information content (AvgIpc) is 3.30. The normalized spacial score (nSPS) is 14.1. The number of nitrogens with one attached hydrogen (secondary N) is 1. The molecular formula is C22H28N4O5S. The lowest BCUT2D eigenvalue weighted by Crippen LogP contribution is -2.31. The summed E-state index contributed by atoms with van der Waals surface area (Å²) < 4.78 is 27.4. The van der Waals surface area contributed by atoms with Gasteiger partial charge < -0.3 is 10.2 Å². The second-order valence-electron chi connectivity index (χ2n) is 7.67. The monoisotopic (exact) mass is 460 g/mol. The number of nitro groups is 1. The molecule has 0 bridgehead atoms. The predicted molar refractivity (Wildman–Crippen MR) is 124 cm³/mol. The number of hydrogen-bond donors (Lipinski definition) is 1. The summed E-state index contributed by atoms with van der Waals surface area (Å²) in [6, 6.07) is 9.07. The highest BCUT2D eigenvalue weighted by molar-refractivity contribution is 7.89. The van der Waals surface area contributed by atoms with Crippen molar-refractivity contribution in [2.24, 2.45) is 0 Å². The maximum Gasteiger partial charge on any atom is 0.274 e. The van der Waals surface area contributed by atoms with Gasteiger partial charge in [-0.1, -0.05) is 19.9 Å². The molecule has 1 aliphatic heterocycles. The number of carbonyl (C=O) groups excluding carboxylic acids is 1. The van der Waals surface area contributed by atoms with Gasteiger partial charge >= 0.3 is 0 Å². The Morgan fingerprint density at radius 2 is 1.78 bits per heavy atom. The summed E-state index contributed by atoms with van der Waals surface area (Å²) in [4.78, 5) is 26.1. The lowest BCUT2D eigenvalue weighted by atomic mass is 10.1. The molecule has 1 aliphatic rings. The summed E-state index contributed by atoms with van der Waals surface area (Å²) >= 11 is 0. The van der Waals surface area contributed by atoms with Crippen molar-refractivity contribution in [3.8, 4) is 0 Å². The standard InChI is InChI=1S/C22H28N4O5S/c1-4-25(5-2)32(30,31)18-10-11-20(24-12-6-7-13-24)19(15-18)22(27)23-17-9-8-16(3)21(14-17)26(28)29/h8-11,14-15H,4-7,12-13H2,1-3H3,(H,23,27). The first kappa shape index (κ1) is 23.7. The van der Waals surface area contributed by atoms with Crippen molar-refractivity contribution < 1.29 is 18.1 Å². The topological polar surface area (TPSA) is 113 Å². The van der Waals surface area contributed by atoms with Gasteiger partial charge in [0.2, 0.25) is 10.0 Å². The summed E-state index contributed by atoms with van der Waals surface area (Å²) in [5.41, 5.74) is 1.54. The van der Waals surface area contributed by atoms with Crippen LogP contribution in [0.25, 0.3) is 0 Å². The van der Waals surface area contributed by atoms with E-state index >= 15 is 0 Å². The third-order valence-electron chi connectivity index (χ3n) is 5.67. The number of rotatable bonds is 8. The fourth-order valence-electron chi connectivity index (χ4n) is 3.89. The van der Waals surface area contributed by atoms with Gasteiger partial charge in [0.25, 0.3) is 11.6 Å². The Bertz CT molecular complexity index is 1120. The van der Waals surface area contributed by atoms with Gasteiger partial charge in [-0.2, -0.15) is 4.31 Å². The van der Waals surface area contributed by atoms with Crippen LogP contribution in [0.15, 0.2) is 41.3 Å². The minimum Gasteiger partial charge on any atom is -0.371 e. The number of sulfonamides is 1. The SMILES string of the molecule is CCN(CC)S(=O)(=O)c1ccc(N2CCCC2)c(C(=O)Nc2ccc(C)c([N+](=O)[O-])c2)c1. The lowest BCUT2D eigenvalue weighted by molar-refractivity contribution is -0.385. The van der Waals surface area contributed by atoms with Crippen molar-refractivity contribution >= 4 is 33.0 Å². The largest absolute Gasteiger partial charge is 0.371 e. The van der Waals surface area contributed by atoms with E-state index in [1.807, 2.05) is 0 Å². The molecule has 9 nitrogen and oxygen atoms in total. The molecule has 0 spiro atoms. The van der Waals surface area contributed by atoms with Crippen LogP contribution in [0.5, 0.6) is 0 Å². The van der Waals surface area contributed by atoms with Crippen molar-refractivity contribution in [2.45, 2.75) is 38.5 Å². The van der Waals surface area contributed by atoms with Crippen LogP contribution in [0.1, 0.15) is 42.6 Å². The molecule has 0 radical (unpaired) electrons. The quantitative estimate of drug-likeness (QED) is 0.474. The molecule has 1 saturated heterocycles. The summed E-state index contributed by atoms with van der Waals surface area (Å²) in [7, 11) is -3.75. The second kappa shape index (κ2) is 9.66. The van der Waals surface area contributed by atoms with E-state index in [-0.39, 0.29) is 21.8 Å². The van der Waals surface area contributed by atoms with E-state index in [1.54, 1.807) is 39.0 Å². The van der Waals surface area contributed by atoms with Crippen LogP contribution in [0.4, 0.5) is 17.1 Å². The number of aryl methyl sites for hydroxylation is 1. The van der Waals surface area contributed by atoms with Gasteiger partial charge in [0.15, 0.2) is 0 Å². The summed E-state index contributed by atoms with van der Waals surface area (Å²) in [6.07, 6.45) is 1.98. The zero-order valence-electron chi connectivity index (χ0n) is 18.5. The van der Waals surface area contributed by atoms with E-state index in [4.69, 9.17) is 0 Å². The van der Waals surface area contributed by atoms with Crippen molar-refractivity contribution in [1.82, 2.24) is 4.31 Å². The Hall–Kier alpha value is -2.98. The van der Waals surface area contributed by atoms with Crippen molar-refractivity contribution in [1.29, 1.82) is 0 Å². The number of nitro benzene ring substituents is 1. The molecule has 3 rings (SSSR count). The molecule has 2 aromatic carbocycles. The van der Waals surface area contributed by atoms with E-state index in [9.17, 15) is 23.3 Å². The van der Waals surface area contributed by atoms with Crippen LogP contribution >= 0.6 is 0 Å². The van der Waals surface area contributed by atoms with Crippen molar-refractivity contribution in [2.75, 3.05) is 36.4 Å². The third kappa shape index (κ3) is 4.76. The first-order valence-electron chi connectivity index (χ1n) is 10.6. The molecule has 0 aromatic heterocycles. The number of hydrogen-bond acceptors (Lipinski definition) is 6. The van der Waals surface area contributed by atoms with Gasteiger partial charge in [-0.05, 0) is 44.0 Å². The first-order valence-corrected chi connectivity index (χ1v) is 12.1. The fraction of sp³-hybridized carbons (Fsp3) is 0.409. The molecule has 2 aromatic rings. The van der Waals surface area contributed by atoms with Crippen molar-refractivity contribution in [3.63, 3.8) is 0 Å². The Labute approximate surface area is 188 Å². The maximum absolute atomic E-state index is 13.2. The summed E-state index contributed by atoms with van der Waals surface area (Å²) in [5, 5.41) is 14.0. The molecular weight excluding hydrogens is 432 g/mol. The first-order chi connectivity index (χ1) is 15.2. The third-order valence-corrected chi connectivity index (χ3v) is 7.71. The summed E-state index contributed by atoms with van der Waals surface area (Å²) in [6.45, 7) is 7.34. The van der Waals surface area contributed by atoms with Crippen molar-refractivity contribution in [3.05, 3.63) is 57.6 Å². The number of nitrogens with zero attached hydrogens (tertiary/aromatic N) is 3. The van der Waals surface area contributed by atoms with Gasteiger partial charge in [0.1, 0.15) is 0 Å². The highest BCUT2D eigenvalue weighted by atomic mass is 32.2. The zero-order chi connectivity index (χ0) is 23.5. The maximum atomic E-state index is 13.2. The molecule has 10 heteroatoms. The summed E-state index contributed by atoms with van der Waals surface area (Å²) in [5.74, 6) is -0.512. The average molecular weight is 461 g/mol. The molecule has 1 heterocycles. The Kier molecular flexibility index (Phi) is 7.15. The number of amides is 1. The van der Waals surface area contributed by atoms with Gasteiger partial charge in [0.05, 0.1) is 15.4 Å². The number of carbonyl (C=O) groups is 1. The zero-order valence-corrected chi connectivity index (χ0v) is 19.3. The fourth-order valence-corrected chi connectivity index (χ4v) is 5.37. The Balaban J connectivity index is 2.03. The van der Waals surface area contributed by atoms with E-state index < -0.39 is 20.9 Å². The van der Waals surface area contributed by atoms with Crippen LogP contribution in [0.3, 0.4) is 0 Å². The van der Waals surface area contributed by atoms with E-state index in [0.717, 1.165) is 25.9 Å². The smallest absolute Gasteiger partial charge is 0.274 e. The van der Waals surface area contributed by atoms with Gasteiger partial charge in [-0.15, -0.1) is 0 Å². The van der Waals surface area contributed by atoms with Gasteiger partial charge in [0, 0.05) is 49.2 Å². The molecule has 0 aliphatic carbocycles. The highest BCUT2D eigenvalue weighted by Gasteiger charge is 2.26. The second-order valence-corrected chi connectivity index (χ2v) is 9.61. The molecule has 1 amide bonds. The molecule has 0 unspecified atom stereocenters. The molecule has 0 atom stereocenters. The molecule has 32 heavy (non-hydrogen) atoms. The van der Waals surface area contributed by atoms with Crippen LogP contribution in [-0.2, 0) is 10.0 Å². The predicted octanol–water partition coefficient (Wildman–Crippen LogP) is 3.79. The van der Waals surface area contributed by atoms with Crippen LogP contribution in [0.2, 0.25) is 0 Å². The van der Waals surface area contributed by atoms with Crippen LogP contribution in [-0.4, -0.2) is 49.7 Å². The minimum atomic E-state index is -3.75. The highest BCUT2D eigenvalue weighted by Crippen LogP contribution is 2.30. The Morgan fingerprint density at radius 3 is 2.38 bits per heavy atom. The van der Waals surface area contributed by atoms with E-state index in [1.165, 1.54) is 22.5 Å². The Morgan fingerprint density at radius 1 is 1.12 bits per heavy atom. The molecule has 1 fully saturated rings. The van der Waals surface area contributed by atoms with E-state index in [2.05, 4.69) is 10.2 Å². The molecule has 1 N–H and O–H groups in total. The van der Waals surface area contributed by atoms with Gasteiger partial charge in [-0.3, -0.25) is 14.9 Å². The van der Waals surface area contributed by atoms with E-state index in [0.29, 0.717) is 24.3 Å². The molecule has 172 valence electrons. The number of benzene rings is 2. The van der Waals surface area contributed by atoms with Crippen LogP contribution in [0, 0.1) is 17.0 Å². The lowest BCUT2D eigenvalue weighted by Gasteiger charge is -2.23. The molecule has 0 saturated carbocycles. The van der Waals surface area contributed by atoms with Crippen LogP contribution < -0.4 is 10.2 Å².